The highest BCUT2D eigenvalue weighted by Gasteiger charge is 2.11. The summed E-state index contributed by atoms with van der Waals surface area (Å²) in [5, 5.41) is 3.96. The van der Waals surface area contributed by atoms with Gasteiger partial charge in [0.05, 0.1) is 0 Å². The topological polar surface area (TPSA) is 41.1 Å². The molecule has 0 spiro atoms. The molecule has 0 aliphatic heterocycles. The minimum absolute atomic E-state index is 0.363. The molecule has 1 N–H and O–H groups in total. The van der Waals surface area contributed by atoms with Crippen LogP contribution in [-0.2, 0) is 6.42 Å². The van der Waals surface area contributed by atoms with Crippen molar-refractivity contribution in [3.05, 3.63) is 16.5 Å². The van der Waals surface area contributed by atoms with E-state index >= 15 is 0 Å². The van der Waals surface area contributed by atoms with Crippen molar-refractivity contribution in [3.63, 3.8) is 0 Å². The van der Waals surface area contributed by atoms with E-state index in [2.05, 4.69) is 41.2 Å². The van der Waals surface area contributed by atoms with Gasteiger partial charge in [0.15, 0.2) is 0 Å². The summed E-state index contributed by atoms with van der Waals surface area (Å²) in [7, 11) is 4.16. The van der Waals surface area contributed by atoms with E-state index in [-0.39, 0.29) is 0 Å². The summed E-state index contributed by atoms with van der Waals surface area (Å²) in [5.74, 6) is 1.64. The Balaban J connectivity index is 2.74. The van der Waals surface area contributed by atoms with Crippen molar-refractivity contribution < 1.29 is 0 Å². The zero-order valence-corrected chi connectivity index (χ0v) is 12.7. The quantitative estimate of drug-likeness (QED) is 0.807. The molecule has 0 bridgehead atoms. The summed E-state index contributed by atoms with van der Waals surface area (Å²) in [6, 6.07) is 0.363. The SMILES string of the molecule is CCc1nc(Cl)c(C)c(NC(C)CCN(C)C)n1. The molecule has 0 radical (unpaired) electrons. The van der Waals surface area contributed by atoms with E-state index in [1.54, 1.807) is 0 Å². The average Bonchev–Trinajstić information content (AvgIpc) is 2.32. The Bertz CT molecular complexity index is 393. The molecule has 0 saturated heterocycles. The van der Waals surface area contributed by atoms with Crippen LogP contribution in [0.15, 0.2) is 0 Å². The standard InChI is InChI=1S/C13H23ClN4/c1-6-11-16-12(14)10(3)13(17-11)15-9(2)7-8-18(4)5/h9H,6-8H2,1-5H3,(H,15,16,17). The summed E-state index contributed by atoms with van der Waals surface area (Å²) in [6.45, 7) is 7.18. The van der Waals surface area contributed by atoms with E-state index in [1.807, 2.05) is 13.8 Å². The maximum atomic E-state index is 6.11. The van der Waals surface area contributed by atoms with E-state index in [0.717, 1.165) is 36.6 Å². The minimum atomic E-state index is 0.363. The van der Waals surface area contributed by atoms with E-state index in [9.17, 15) is 0 Å². The summed E-state index contributed by atoms with van der Waals surface area (Å²) < 4.78 is 0. The van der Waals surface area contributed by atoms with Crippen LogP contribution in [0.3, 0.4) is 0 Å². The van der Waals surface area contributed by atoms with E-state index in [1.165, 1.54) is 0 Å². The molecule has 0 aromatic carbocycles. The number of nitrogens with one attached hydrogen (secondary N) is 1. The molecule has 102 valence electrons. The number of rotatable bonds is 6. The maximum absolute atomic E-state index is 6.11. The highest BCUT2D eigenvalue weighted by molar-refractivity contribution is 6.30. The maximum Gasteiger partial charge on any atom is 0.137 e. The van der Waals surface area contributed by atoms with Gasteiger partial charge in [-0.1, -0.05) is 18.5 Å². The second-order valence-electron chi connectivity index (χ2n) is 4.90. The molecule has 1 rings (SSSR count). The van der Waals surface area contributed by atoms with Crippen LogP contribution in [-0.4, -0.2) is 41.5 Å². The lowest BCUT2D eigenvalue weighted by Crippen LogP contribution is -2.24. The normalized spacial score (nSPS) is 12.8. The monoisotopic (exact) mass is 270 g/mol. The van der Waals surface area contributed by atoms with Crippen LogP contribution in [0.25, 0.3) is 0 Å². The van der Waals surface area contributed by atoms with Crippen molar-refractivity contribution in [1.82, 2.24) is 14.9 Å². The predicted octanol–water partition coefficient (Wildman–Crippen LogP) is 2.75. The van der Waals surface area contributed by atoms with Gasteiger partial charge in [0.25, 0.3) is 0 Å². The van der Waals surface area contributed by atoms with Crippen LogP contribution in [0.5, 0.6) is 0 Å². The fourth-order valence-corrected chi connectivity index (χ4v) is 1.78. The molecule has 0 aliphatic rings. The highest BCUT2D eigenvalue weighted by Crippen LogP contribution is 2.21. The number of aromatic nitrogens is 2. The molecule has 5 heteroatoms. The van der Waals surface area contributed by atoms with E-state index < -0.39 is 0 Å². The van der Waals surface area contributed by atoms with E-state index in [4.69, 9.17) is 11.6 Å². The lowest BCUT2D eigenvalue weighted by Gasteiger charge is -2.19. The summed E-state index contributed by atoms with van der Waals surface area (Å²) >= 11 is 6.11. The minimum Gasteiger partial charge on any atom is -0.367 e. The zero-order valence-electron chi connectivity index (χ0n) is 11.9. The van der Waals surface area contributed by atoms with E-state index in [0.29, 0.717) is 11.2 Å². The second-order valence-corrected chi connectivity index (χ2v) is 5.25. The Kier molecular flexibility index (Phi) is 5.82. The van der Waals surface area contributed by atoms with Crippen molar-refractivity contribution in [2.75, 3.05) is 26.0 Å². The molecule has 0 aliphatic carbocycles. The van der Waals surface area contributed by atoms with Gasteiger partial charge >= 0.3 is 0 Å². The molecule has 4 nitrogen and oxygen atoms in total. The molecule has 0 fully saturated rings. The van der Waals surface area contributed by atoms with Crippen molar-refractivity contribution in [1.29, 1.82) is 0 Å². The van der Waals surface area contributed by atoms with Crippen LogP contribution in [0, 0.1) is 6.92 Å². The lowest BCUT2D eigenvalue weighted by molar-refractivity contribution is 0.390. The first kappa shape index (κ1) is 15.2. The zero-order chi connectivity index (χ0) is 13.7. The first-order valence-electron chi connectivity index (χ1n) is 6.38. The molecule has 1 aromatic rings. The lowest BCUT2D eigenvalue weighted by atomic mass is 10.2. The third-order valence-corrected chi connectivity index (χ3v) is 3.21. The third kappa shape index (κ3) is 4.42. The average molecular weight is 271 g/mol. The first-order chi connectivity index (χ1) is 8.43. The summed E-state index contributed by atoms with van der Waals surface area (Å²) in [4.78, 5) is 10.9. The van der Waals surface area contributed by atoms with Crippen LogP contribution in [0.4, 0.5) is 5.82 Å². The number of anilines is 1. The Morgan fingerprint density at radius 2 is 2.00 bits per heavy atom. The van der Waals surface area contributed by atoms with Crippen LogP contribution >= 0.6 is 11.6 Å². The number of hydrogen-bond acceptors (Lipinski definition) is 4. The van der Waals surface area contributed by atoms with Gasteiger partial charge in [0.2, 0.25) is 0 Å². The van der Waals surface area contributed by atoms with Gasteiger partial charge in [-0.25, -0.2) is 9.97 Å². The van der Waals surface area contributed by atoms with Gasteiger partial charge < -0.3 is 10.2 Å². The first-order valence-corrected chi connectivity index (χ1v) is 6.76. The Hall–Kier alpha value is -0.870. The number of nitrogens with zero attached hydrogens (tertiary/aromatic N) is 3. The van der Waals surface area contributed by atoms with Gasteiger partial charge in [0, 0.05) is 18.0 Å². The molecular weight excluding hydrogens is 248 g/mol. The number of halogens is 1. The molecule has 1 heterocycles. The van der Waals surface area contributed by atoms with Crippen molar-refractivity contribution >= 4 is 17.4 Å². The van der Waals surface area contributed by atoms with Crippen molar-refractivity contribution in [3.8, 4) is 0 Å². The summed E-state index contributed by atoms with van der Waals surface area (Å²) in [6.07, 6.45) is 1.86. The molecule has 1 atom stereocenters. The van der Waals surface area contributed by atoms with Crippen LogP contribution in [0.2, 0.25) is 5.15 Å². The number of aryl methyl sites for hydroxylation is 1. The molecule has 1 unspecified atom stereocenters. The molecule has 0 amide bonds. The van der Waals surface area contributed by atoms with Crippen LogP contribution < -0.4 is 5.32 Å². The fourth-order valence-electron chi connectivity index (χ4n) is 1.59. The van der Waals surface area contributed by atoms with Gasteiger partial charge in [-0.2, -0.15) is 0 Å². The molecule has 1 aromatic heterocycles. The molecule has 18 heavy (non-hydrogen) atoms. The Labute approximate surface area is 115 Å². The van der Waals surface area contributed by atoms with Gasteiger partial charge in [0.1, 0.15) is 16.8 Å². The largest absolute Gasteiger partial charge is 0.367 e. The Morgan fingerprint density at radius 3 is 2.56 bits per heavy atom. The van der Waals surface area contributed by atoms with Crippen LogP contribution in [0.1, 0.15) is 31.7 Å². The van der Waals surface area contributed by atoms with Gasteiger partial charge in [-0.05, 0) is 40.9 Å². The fraction of sp³-hybridized carbons (Fsp3) is 0.692. The summed E-state index contributed by atoms with van der Waals surface area (Å²) in [5.41, 5.74) is 0.922. The third-order valence-electron chi connectivity index (χ3n) is 2.84. The predicted molar refractivity (Wildman–Crippen MR) is 77.4 cm³/mol. The number of hydrogen-bond donors (Lipinski definition) is 1. The molecular formula is C13H23ClN4. The molecule has 0 saturated carbocycles. The van der Waals surface area contributed by atoms with Gasteiger partial charge in [-0.15, -0.1) is 0 Å². The smallest absolute Gasteiger partial charge is 0.137 e. The Morgan fingerprint density at radius 1 is 1.33 bits per heavy atom. The highest BCUT2D eigenvalue weighted by atomic mass is 35.5. The van der Waals surface area contributed by atoms with Crippen molar-refractivity contribution in [2.45, 2.75) is 39.7 Å². The second kappa shape index (κ2) is 6.90. The van der Waals surface area contributed by atoms with Gasteiger partial charge in [-0.3, -0.25) is 0 Å². The van der Waals surface area contributed by atoms with Crippen molar-refractivity contribution in [2.24, 2.45) is 0 Å².